The highest BCUT2D eigenvalue weighted by Crippen LogP contribution is 2.21. The summed E-state index contributed by atoms with van der Waals surface area (Å²) in [6, 6.07) is 8.45. The number of Topliss-reactive ketones (excluding diaryl/α,β-unsaturated/α-hetero) is 1. The summed E-state index contributed by atoms with van der Waals surface area (Å²) in [7, 11) is 0. The highest BCUT2D eigenvalue weighted by atomic mass is 35.5. The summed E-state index contributed by atoms with van der Waals surface area (Å²) in [5, 5.41) is 3.85. The number of carbonyl (C=O) groups excluding carboxylic acids is 1. The third-order valence-corrected chi connectivity index (χ3v) is 2.89. The van der Waals surface area contributed by atoms with E-state index in [-0.39, 0.29) is 12.3 Å². The Morgan fingerprint density at radius 2 is 2.11 bits per heavy atom. The van der Waals surface area contributed by atoms with E-state index in [0.717, 1.165) is 5.69 Å². The van der Waals surface area contributed by atoms with E-state index in [2.05, 4.69) is 10.3 Å². The molecule has 0 amide bonds. The molecular weight excluding hydrogens is 271 g/mol. The third kappa shape index (κ3) is 3.22. The number of hydrogen-bond donors (Lipinski definition) is 1. The summed E-state index contributed by atoms with van der Waals surface area (Å²) in [5.41, 5.74) is 1.24. The number of carbonyl (C=O) groups is 1. The molecule has 3 nitrogen and oxygen atoms in total. The number of anilines is 1. The van der Waals surface area contributed by atoms with Crippen molar-refractivity contribution in [1.82, 2.24) is 4.98 Å². The molecule has 0 fully saturated rings. The van der Waals surface area contributed by atoms with Crippen LogP contribution >= 0.6 is 23.2 Å². The average molecular weight is 281 g/mol. The van der Waals surface area contributed by atoms with E-state index in [4.69, 9.17) is 23.2 Å². The molecule has 1 aromatic carbocycles. The van der Waals surface area contributed by atoms with Crippen LogP contribution < -0.4 is 5.32 Å². The molecule has 92 valence electrons. The predicted molar refractivity (Wildman–Crippen MR) is 73.5 cm³/mol. The zero-order valence-electron chi connectivity index (χ0n) is 9.36. The highest BCUT2D eigenvalue weighted by molar-refractivity contribution is 6.36. The van der Waals surface area contributed by atoms with Gasteiger partial charge in [0.05, 0.1) is 17.3 Å². The molecule has 1 aromatic heterocycles. The van der Waals surface area contributed by atoms with Crippen molar-refractivity contribution in [2.45, 2.75) is 0 Å². The third-order valence-electron chi connectivity index (χ3n) is 2.35. The smallest absolute Gasteiger partial charge is 0.183 e. The molecule has 0 aliphatic carbocycles. The fraction of sp³-hybridized carbons (Fsp3) is 0.0769. The van der Waals surface area contributed by atoms with Gasteiger partial charge in [-0.25, -0.2) is 0 Å². The summed E-state index contributed by atoms with van der Waals surface area (Å²) in [6.45, 7) is 0.160. The number of rotatable bonds is 4. The zero-order chi connectivity index (χ0) is 13.0. The Hall–Kier alpha value is -1.58. The van der Waals surface area contributed by atoms with Crippen LogP contribution in [0.3, 0.4) is 0 Å². The maximum atomic E-state index is 11.9. The van der Waals surface area contributed by atoms with E-state index in [1.54, 1.807) is 36.7 Å². The number of nitrogens with one attached hydrogen (secondary N) is 1. The van der Waals surface area contributed by atoms with Gasteiger partial charge in [0.15, 0.2) is 5.78 Å². The van der Waals surface area contributed by atoms with Crippen molar-refractivity contribution in [3.05, 3.63) is 58.3 Å². The van der Waals surface area contributed by atoms with Gasteiger partial charge >= 0.3 is 0 Å². The molecule has 0 aliphatic rings. The number of pyridine rings is 1. The van der Waals surface area contributed by atoms with Gasteiger partial charge in [0.1, 0.15) is 0 Å². The largest absolute Gasteiger partial charge is 0.376 e. The quantitative estimate of drug-likeness (QED) is 0.869. The van der Waals surface area contributed by atoms with Gasteiger partial charge in [-0.3, -0.25) is 9.78 Å². The van der Waals surface area contributed by atoms with E-state index >= 15 is 0 Å². The number of hydrogen-bond acceptors (Lipinski definition) is 3. The fourth-order valence-electron chi connectivity index (χ4n) is 1.46. The molecule has 2 aromatic rings. The highest BCUT2D eigenvalue weighted by Gasteiger charge is 2.10. The van der Waals surface area contributed by atoms with Gasteiger partial charge in [-0.2, -0.15) is 0 Å². The lowest BCUT2D eigenvalue weighted by molar-refractivity contribution is 0.101. The summed E-state index contributed by atoms with van der Waals surface area (Å²) < 4.78 is 0. The van der Waals surface area contributed by atoms with Crippen molar-refractivity contribution in [2.24, 2.45) is 0 Å². The lowest BCUT2D eigenvalue weighted by atomic mass is 10.1. The molecule has 0 saturated heterocycles. The van der Waals surface area contributed by atoms with Crippen LogP contribution in [0.1, 0.15) is 10.4 Å². The second kappa shape index (κ2) is 5.85. The molecule has 0 radical (unpaired) electrons. The van der Waals surface area contributed by atoms with Crippen molar-refractivity contribution < 1.29 is 4.79 Å². The molecule has 0 atom stereocenters. The van der Waals surface area contributed by atoms with Gasteiger partial charge in [0, 0.05) is 23.0 Å². The van der Waals surface area contributed by atoms with E-state index in [9.17, 15) is 4.79 Å². The Balaban J connectivity index is 2.04. The molecule has 0 unspecified atom stereocenters. The topological polar surface area (TPSA) is 42.0 Å². The molecule has 1 heterocycles. The molecule has 0 spiro atoms. The second-order valence-electron chi connectivity index (χ2n) is 3.64. The maximum Gasteiger partial charge on any atom is 0.183 e. The van der Waals surface area contributed by atoms with Gasteiger partial charge in [-0.05, 0) is 30.3 Å². The summed E-state index contributed by atoms with van der Waals surface area (Å²) in [6.07, 6.45) is 3.32. The number of nitrogens with zero attached hydrogens (tertiary/aromatic N) is 1. The Morgan fingerprint density at radius 1 is 1.28 bits per heavy atom. The minimum atomic E-state index is -0.0967. The molecular formula is C13H10Cl2N2O. The number of ketones is 1. The van der Waals surface area contributed by atoms with Gasteiger partial charge in [-0.15, -0.1) is 0 Å². The number of aromatic nitrogens is 1. The first-order valence-electron chi connectivity index (χ1n) is 5.29. The van der Waals surface area contributed by atoms with Gasteiger partial charge in [0.25, 0.3) is 0 Å². The molecule has 0 aliphatic heterocycles. The summed E-state index contributed by atoms with van der Waals surface area (Å²) >= 11 is 11.7. The Labute approximate surface area is 115 Å². The SMILES string of the molecule is O=C(CNc1cccnc1)c1ccc(Cl)cc1Cl. The van der Waals surface area contributed by atoms with Crippen LogP contribution in [0.25, 0.3) is 0 Å². The normalized spacial score (nSPS) is 10.1. The van der Waals surface area contributed by atoms with Crippen molar-refractivity contribution in [3.8, 4) is 0 Å². The number of halogens is 2. The molecule has 0 bridgehead atoms. The lowest BCUT2D eigenvalue weighted by Gasteiger charge is -2.06. The van der Waals surface area contributed by atoms with Crippen LogP contribution in [0.2, 0.25) is 10.0 Å². The summed E-state index contributed by atoms with van der Waals surface area (Å²) in [4.78, 5) is 15.9. The molecule has 2 rings (SSSR count). The van der Waals surface area contributed by atoms with Crippen molar-refractivity contribution in [3.63, 3.8) is 0 Å². The second-order valence-corrected chi connectivity index (χ2v) is 4.49. The first-order chi connectivity index (χ1) is 8.66. The average Bonchev–Trinajstić information content (AvgIpc) is 2.37. The van der Waals surface area contributed by atoms with Crippen LogP contribution in [0.5, 0.6) is 0 Å². The van der Waals surface area contributed by atoms with Crippen LogP contribution in [-0.4, -0.2) is 17.3 Å². The van der Waals surface area contributed by atoms with Crippen LogP contribution in [0, 0.1) is 0 Å². The van der Waals surface area contributed by atoms with E-state index < -0.39 is 0 Å². The van der Waals surface area contributed by atoms with E-state index in [1.165, 1.54) is 0 Å². The maximum absolute atomic E-state index is 11.9. The first kappa shape index (κ1) is 12.9. The predicted octanol–water partition coefficient (Wildman–Crippen LogP) is 3.68. The Kier molecular flexibility index (Phi) is 4.18. The monoisotopic (exact) mass is 280 g/mol. The molecule has 1 N–H and O–H groups in total. The fourth-order valence-corrected chi connectivity index (χ4v) is 1.97. The van der Waals surface area contributed by atoms with Crippen molar-refractivity contribution in [1.29, 1.82) is 0 Å². The lowest BCUT2D eigenvalue weighted by Crippen LogP contribution is -2.14. The standard InChI is InChI=1S/C13H10Cl2N2O/c14-9-3-4-11(12(15)6-9)13(18)8-17-10-2-1-5-16-7-10/h1-7,17H,8H2. The summed E-state index contributed by atoms with van der Waals surface area (Å²) in [5.74, 6) is -0.0967. The molecule has 18 heavy (non-hydrogen) atoms. The minimum absolute atomic E-state index is 0.0967. The van der Waals surface area contributed by atoms with Crippen LogP contribution in [0.4, 0.5) is 5.69 Å². The van der Waals surface area contributed by atoms with Crippen LogP contribution in [-0.2, 0) is 0 Å². The molecule has 0 saturated carbocycles. The van der Waals surface area contributed by atoms with Crippen LogP contribution in [0.15, 0.2) is 42.7 Å². The Morgan fingerprint density at radius 3 is 2.78 bits per heavy atom. The van der Waals surface area contributed by atoms with Gasteiger partial charge in [-0.1, -0.05) is 23.2 Å². The minimum Gasteiger partial charge on any atom is -0.376 e. The van der Waals surface area contributed by atoms with Crippen molar-refractivity contribution in [2.75, 3.05) is 11.9 Å². The van der Waals surface area contributed by atoms with E-state index in [1.807, 2.05) is 6.07 Å². The van der Waals surface area contributed by atoms with E-state index in [0.29, 0.717) is 15.6 Å². The molecule has 5 heteroatoms. The van der Waals surface area contributed by atoms with Gasteiger partial charge < -0.3 is 5.32 Å². The Bertz CT molecular complexity index is 558. The number of benzene rings is 1. The first-order valence-corrected chi connectivity index (χ1v) is 6.04. The zero-order valence-corrected chi connectivity index (χ0v) is 10.9. The van der Waals surface area contributed by atoms with Crippen molar-refractivity contribution >= 4 is 34.7 Å². The van der Waals surface area contributed by atoms with Gasteiger partial charge in [0.2, 0.25) is 0 Å².